The van der Waals surface area contributed by atoms with Crippen molar-refractivity contribution in [3.05, 3.63) is 60.7 Å². The van der Waals surface area contributed by atoms with Gasteiger partial charge in [-0.05, 0) is 21.5 Å². The molecule has 0 saturated carbocycles. The third-order valence-electron chi connectivity index (χ3n) is 2.65. The average Bonchev–Trinajstić information content (AvgIpc) is 2.29. The van der Waals surface area contributed by atoms with Crippen LogP contribution in [0.15, 0.2) is 60.7 Å². The summed E-state index contributed by atoms with van der Waals surface area (Å²) in [5.41, 5.74) is 0. The Kier molecular flexibility index (Phi) is 3.11. The smallest absolute Gasteiger partial charge is 1.00 e. The first-order valence-electron chi connectivity index (χ1n) is 4.82. The van der Waals surface area contributed by atoms with Gasteiger partial charge in [0, 0.05) is 0 Å². The number of rotatable bonds is 0. The Morgan fingerprint density at radius 2 is 0.933 bits per heavy atom. The van der Waals surface area contributed by atoms with Crippen molar-refractivity contribution in [3.8, 4) is 0 Å². The summed E-state index contributed by atoms with van der Waals surface area (Å²) in [6.45, 7) is 0. The summed E-state index contributed by atoms with van der Waals surface area (Å²) in [6, 6.07) is 21.4. The third kappa shape index (κ3) is 1.81. The van der Waals surface area contributed by atoms with Crippen molar-refractivity contribution in [3.63, 3.8) is 0 Å². The second-order valence-electron chi connectivity index (χ2n) is 3.51. The summed E-state index contributed by atoms with van der Waals surface area (Å²) in [4.78, 5) is 0. The van der Waals surface area contributed by atoms with Gasteiger partial charge in [-0.3, -0.25) is 0 Å². The van der Waals surface area contributed by atoms with Crippen LogP contribution >= 0.6 is 0 Å². The van der Waals surface area contributed by atoms with Gasteiger partial charge in [0.15, 0.2) is 0 Å². The second kappa shape index (κ2) is 4.36. The van der Waals surface area contributed by atoms with Crippen LogP contribution in [-0.2, 0) is 0 Å². The molecule has 0 bridgehead atoms. The van der Waals surface area contributed by atoms with Crippen LogP contribution in [0.2, 0.25) is 0 Å². The first kappa shape index (κ1) is 10.7. The molecule has 0 atom stereocenters. The molecule has 0 N–H and O–H groups in total. The van der Waals surface area contributed by atoms with E-state index in [0.29, 0.717) is 0 Å². The van der Waals surface area contributed by atoms with Gasteiger partial charge in [-0.25, -0.2) is 0 Å². The monoisotopic (exact) mass is 202 g/mol. The predicted octanol–water partition coefficient (Wildman–Crippen LogP) is 1.11. The first-order chi connectivity index (χ1) is 6.95. The molecule has 0 nitrogen and oxygen atoms in total. The SMILES string of the molecule is [H-].[Na+].c1ccc2c(c1)ccc1ccccc12. The van der Waals surface area contributed by atoms with E-state index in [1.165, 1.54) is 21.5 Å². The van der Waals surface area contributed by atoms with E-state index in [1.807, 2.05) is 0 Å². The van der Waals surface area contributed by atoms with Gasteiger partial charge < -0.3 is 1.43 Å². The van der Waals surface area contributed by atoms with Gasteiger partial charge in [0.2, 0.25) is 0 Å². The molecule has 68 valence electrons. The molecule has 3 rings (SSSR count). The van der Waals surface area contributed by atoms with Crippen molar-refractivity contribution in [2.24, 2.45) is 0 Å². The topological polar surface area (TPSA) is 0 Å². The molecule has 1 heteroatoms. The zero-order chi connectivity index (χ0) is 9.38. The summed E-state index contributed by atoms with van der Waals surface area (Å²) in [7, 11) is 0. The van der Waals surface area contributed by atoms with E-state index < -0.39 is 0 Å². The van der Waals surface area contributed by atoms with E-state index in [2.05, 4.69) is 60.7 Å². The van der Waals surface area contributed by atoms with E-state index in [-0.39, 0.29) is 31.0 Å². The Morgan fingerprint density at radius 1 is 0.533 bits per heavy atom. The minimum Gasteiger partial charge on any atom is -1.00 e. The minimum atomic E-state index is 0. The Bertz CT molecular complexity index is 550. The maximum Gasteiger partial charge on any atom is 1.00 e. The van der Waals surface area contributed by atoms with Gasteiger partial charge in [-0.2, -0.15) is 0 Å². The average molecular weight is 202 g/mol. The van der Waals surface area contributed by atoms with Crippen LogP contribution in [-0.4, -0.2) is 0 Å². The van der Waals surface area contributed by atoms with Crippen LogP contribution in [0.25, 0.3) is 21.5 Å². The maximum atomic E-state index is 2.18. The van der Waals surface area contributed by atoms with E-state index >= 15 is 0 Å². The van der Waals surface area contributed by atoms with Crippen LogP contribution in [0.3, 0.4) is 0 Å². The molecule has 0 radical (unpaired) electrons. The Hall–Kier alpha value is -0.820. The predicted molar refractivity (Wildman–Crippen MR) is 62.6 cm³/mol. The summed E-state index contributed by atoms with van der Waals surface area (Å²) < 4.78 is 0. The molecular formula is C14H11Na. The Labute approximate surface area is 113 Å². The standard InChI is InChI=1S/C14H10.Na.H/c1-3-7-13-11(5-1)9-10-12-6-2-4-8-14(12)13;;/h1-10H;;/q;+1;-1. The molecule has 0 heterocycles. The zero-order valence-corrected chi connectivity index (χ0v) is 10.8. The molecule has 0 aliphatic heterocycles. The normalized spacial score (nSPS) is 10.1. The molecule has 3 aromatic carbocycles. The molecule has 0 unspecified atom stereocenters. The van der Waals surface area contributed by atoms with Crippen molar-refractivity contribution in [1.29, 1.82) is 0 Å². The second-order valence-corrected chi connectivity index (χ2v) is 3.51. The van der Waals surface area contributed by atoms with Crippen LogP contribution in [0.1, 0.15) is 1.43 Å². The van der Waals surface area contributed by atoms with E-state index in [4.69, 9.17) is 0 Å². The van der Waals surface area contributed by atoms with Crippen molar-refractivity contribution >= 4 is 21.5 Å². The Balaban J connectivity index is 0.000000640. The number of benzene rings is 3. The first-order valence-corrected chi connectivity index (χ1v) is 4.82. The zero-order valence-electron chi connectivity index (χ0n) is 9.77. The number of hydrogen-bond acceptors (Lipinski definition) is 0. The number of fused-ring (bicyclic) bond motifs is 3. The Morgan fingerprint density at radius 3 is 1.40 bits per heavy atom. The van der Waals surface area contributed by atoms with Crippen LogP contribution in [0.5, 0.6) is 0 Å². The summed E-state index contributed by atoms with van der Waals surface area (Å²) >= 11 is 0. The van der Waals surface area contributed by atoms with Gasteiger partial charge in [0.25, 0.3) is 0 Å². The van der Waals surface area contributed by atoms with Gasteiger partial charge >= 0.3 is 29.6 Å². The molecule has 0 aliphatic carbocycles. The largest absolute Gasteiger partial charge is 1.00 e. The van der Waals surface area contributed by atoms with E-state index in [1.54, 1.807) is 0 Å². The quantitative estimate of drug-likeness (QED) is 0.378. The van der Waals surface area contributed by atoms with Crippen LogP contribution in [0.4, 0.5) is 0 Å². The van der Waals surface area contributed by atoms with Crippen molar-refractivity contribution < 1.29 is 31.0 Å². The van der Waals surface area contributed by atoms with Gasteiger partial charge in [0.1, 0.15) is 0 Å². The van der Waals surface area contributed by atoms with Crippen LogP contribution in [0, 0.1) is 0 Å². The fraction of sp³-hybridized carbons (Fsp3) is 0. The summed E-state index contributed by atoms with van der Waals surface area (Å²) in [5, 5.41) is 5.30. The van der Waals surface area contributed by atoms with Crippen molar-refractivity contribution in [2.75, 3.05) is 0 Å². The van der Waals surface area contributed by atoms with Crippen molar-refractivity contribution in [1.82, 2.24) is 0 Å². The maximum absolute atomic E-state index is 2.18. The summed E-state index contributed by atoms with van der Waals surface area (Å²) in [6.07, 6.45) is 0. The minimum absolute atomic E-state index is 0. The van der Waals surface area contributed by atoms with Crippen molar-refractivity contribution in [2.45, 2.75) is 0 Å². The fourth-order valence-corrected chi connectivity index (χ4v) is 1.95. The molecule has 15 heavy (non-hydrogen) atoms. The fourth-order valence-electron chi connectivity index (χ4n) is 1.95. The molecular weight excluding hydrogens is 191 g/mol. The molecule has 3 aromatic rings. The number of hydrogen-bond donors (Lipinski definition) is 0. The molecule has 0 saturated heterocycles. The molecule has 0 aliphatic rings. The summed E-state index contributed by atoms with van der Waals surface area (Å²) in [5.74, 6) is 0. The van der Waals surface area contributed by atoms with Crippen LogP contribution < -0.4 is 29.6 Å². The van der Waals surface area contributed by atoms with Gasteiger partial charge in [-0.15, -0.1) is 0 Å². The molecule has 0 spiro atoms. The molecule has 0 aromatic heterocycles. The third-order valence-corrected chi connectivity index (χ3v) is 2.65. The molecule has 0 amide bonds. The van der Waals surface area contributed by atoms with E-state index in [0.717, 1.165) is 0 Å². The van der Waals surface area contributed by atoms with Gasteiger partial charge in [-0.1, -0.05) is 60.7 Å². The van der Waals surface area contributed by atoms with Gasteiger partial charge in [0.05, 0.1) is 0 Å². The van der Waals surface area contributed by atoms with E-state index in [9.17, 15) is 0 Å². The molecule has 0 fully saturated rings.